The summed E-state index contributed by atoms with van der Waals surface area (Å²) in [7, 11) is 0. The van der Waals surface area contributed by atoms with Crippen LogP contribution in [0.3, 0.4) is 0 Å². The van der Waals surface area contributed by atoms with E-state index in [0.717, 1.165) is 15.4 Å². The lowest BCUT2D eigenvalue weighted by Gasteiger charge is -2.21. The molecule has 1 aliphatic heterocycles. The van der Waals surface area contributed by atoms with Crippen molar-refractivity contribution >= 4 is 17.8 Å². The van der Waals surface area contributed by atoms with Gasteiger partial charge in [-0.3, -0.25) is 9.59 Å². The maximum Gasteiger partial charge on any atom is 0.335 e. The Balaban J connectivity index is 1.54. The minimum Gasteiger partial charge on any atom is -0.337 e. The van der Waals surface area contributed by atoms with Crippen LogP contribution in [0.25, 0.3) is 11.4 Å². The average Bonchev–Trinajstić information content (AvgIpc) is 3.28. The van der Waals surface area contributed by atoms with Crippen molar-refractivity contribution in [2.24, 2.45) is 0 Å². The fraction of sp³-hybridized carbons (Fsp3) is 0.150. The zero-order chi connectivity index (χ0) is 20.5. The second kappa shape index (κ2) is 7.27. The predicted octanol–water partition coefficient (Wildman–Crippen LogP) is 2.93. The molecule has 4 amide bonds. The van der Waals surface area contributed by atoms with Gasteiger partial charge in [0.15, 0.2) is 0 Å². The van der Waals surface area contributed by atoms with Gasteiger partial charge in [-0.25, -0.2) is 19.0 Å². The van der Waals surface area contributed by atoms with Gasteiger partial charge in [-0.1, -0.05) is 35.5 Å². The molecule has 1 aliphatic rings. The number of carbonyl (C=O) groups is 3. The molecule has 1 unspecified atom stereocenters. The maximum absolute atomic E-state index is 13.0. The molecule has 8 nitrogen and oxygen atoms in total. The second-order valence-corrected chi connectivity index (χ2v) is 6.45. The second-order valence-electron chi connectivity index (χ2n) is 6.45. The van der Waals surface area contributed by atoms with Gasteiger partial charge in [0.05, 0.1) is 6.04 Å². The normalized spacial score (nSPS) is 15.3. The van der Waals surface area contributed by atoms with Crippen LogP contribution in [-0.2, 0) is 16.1 Å². The third kappa shape index (κ3) is 3.38. The first-order valence-electron chi connectivity index (χ1n) is 8.78. The Morgan fingerprint density at radius 1 is 1.00 bits per heavy atom. The molecule has 1 saturated heterocycles. The molecule has 1 atom stereocenters. The summed E-state index contributed by atoms with van der Waals surface area (Å²) >= 11 is 0. The van der Waals surface area contributed by atoms with Gasteiger partial charge in [0, 0.05) is 5.56 Å². The van der Waals surface area contributed by atoms with Gasteiger partial charge in [-0.2, -0.15) is 4.98 Å². The van der Waals surface area contributed by atoms with Gasteiger partial charge < -0.3 is 4.52 Å². The molecule has 0 radical (unpaired) electrons. The zero-order valence-corrected chi connectivity index (χ0v) is 15.3. The molecule has 0 bridgehead atoms. The Labute approximate surface area is 164 Å². The Bertz CT molecular complexity index is 1080. The number of imide groups is 2. The summed E-state index contributed by atoms with van der Waals surface area (Å²) in [6.45, 7) is 1.33. The highest BCUT2D eigenvalue weighted by Gasteiger charge is 2.47. The number of rotatable bonds is 5. The van der Waals surface area contributed by atoms with E-state index in [-0.39, 0.29) is 18.3 Å². The number of carbonyl (C=O) groups excluding carboxylic acids is 3. The maximum atomic E-state index is 13.0. The molecule has 9 heteroatoms. The van der Waals surface area contributed by atoms with Crippen molar-refractivity contribution < 1.29 is 23.3 Å². The van der Waals surface area contributed by atoms with Crippen molar-refractivity contribution in [2.45, 2.75) is 19.5 Å². The van der Waals surface area contributed by atoms with Crippen LogP contribution in [0.5, 0.6) is 0 Å². The monoisotopic (exact) mass is 394 g/mol. The topological polar surface area (TPSA) is 96.6 Å². The minimum absolute atomic E-state index is 0.0203. The molecule has 2 aromatic carbocycles. The largest absolute Gasteiger partial charge is 0.337 e. The van der Waals surface area contributed by atoms with E-state index in [1.54, 1.807) is 31.2 Å². The minimum atomic E-state index is -0.959. The summed E-state index contributed by atoms with van der Waals surface area (Å²) in [6, 6.07) is 13.0. The molecular weight excluding hydrogens is 379 g/mol. The van der Waals surface area contributed by atoms with Gasteiger partial charge in [0.25, 0.3) is 0 Å². The van der Waals surface area contributed by atoms with Gasteiger partial charge in [-0.15, -0.1) is 0 Å². The summed E-state index contributed by atoms with van der Waals surface area (Å²) in [6.07, 6.45) is 0. The van der Waals surface area contributed by atoms with Gasteiger partial charge >= 0.3 is 17.8 Å². The predicted molar refractivity (Wildman–Crippen MR) is 97.3 cm³/mol. The van der Waals surface area contributed by atoms with Crippen LogP contribution in [0.15, 0.2) is 59.1 Å². The van der Waals surface area contributed by atoms with E-state index in [9.17, 15) is 18.8 Å². The molecule has 1 fully saturated rings. The average molecular weight is 394 g/mol. The Morgan fingerprint density at radius 2 is 1.69 bits per heavy atom. The zero-order valence-electron chi connectivity index (χ0n) is 15.3. The van der Waals surface area contributed by atoms with Crippen LogP contribution in [0.1, 0.15) is 24.4 Å². The standard InChI is InChI=1S/C20H15FN4O4/c1-12(13-5-3-2-4-6-13)25-19(27)18(26)24(20(25)28)11-16-22-17(23-29-16)14-7-9-15(21)10-8-14/h2-10,12H,11H2,1H3. The summed E-state index contributed by atoms with van der Waals surface area (Å²) in [5, 5.41) is 3.77. The van der Waals surface area contributed by atoms with Crippen LogP contribution in [0.2, 0.25) is 0 Å². The molecular formula is C20H15FN4O4. The smallest absolute Gasteiger partial charge is 0.335 e. The molecule has 0 saturated carbocycles. The molecule has 0 aliphatic carbocycles. The highest BCUT2D eigenvalue weighted by molar-refractivity contribution is 6.44. The van der Waals surface area contributed by atoms with Gasteiger partial charge in [0.1, 0.15) is 12.4 Å². The van der Waals surface area contributed by atoms with Crippen LogP contribution in [0.4, 0.5) is 9.18 Å². The molecule has 0 spiro atoms. The highest BCUT2D eigenvalue weighted by atomic mass is 19.1. The Morgan fingerprint density at radius 3 is 2.38 bits per heavy atom. The fourth-order valence-electron chi connectivity index (χ4n) is 3.05. The van der Waals surface area contributed by atoms with Crippen molar-refractivity contribution in [1.29, 1.82) is 0 Å². The van der Waals surface area contributed by atoms with E-state index < -0.39 is 29.7 Å². The van der Waals surface area contributed by atoms with Gasteiger partial charge in [-0.05, 0) is 36.8 Å². The molecule has 0 N–H and O–H groups in total. The van der Waals surface area contributed by atoms with Crippen molar-refractivity contribution in [2.75, 3.05) is 0 Å². The van der Waals surface area contributed by atoms with E-state index in [4.69, 9.17) is 4.52 Å². The third-order valence-corrected chi connectivity index (χ3v) is 4.62. The van der Waals surface area contributed by atoms with E-state index in [1.165, 1.54) is 24.3 Å². The first kappa shape index (κ1) is 18.5. The highest BCUT2D eigenvalue weighted by Crippen LogP contribution is 2.27. The molecule has 3 aromatic rings. The lowest BCUT2D eigenvalue weighted by atomic mass is 10.1. The van der Waals surface area contributed by atoms with E-state index in [0.29, 0.717) is 5.56 Å². The van der Waals surface area contributed by atoms with Crippen molar-refractivity contribution in [3.63, 3.8) is 0 Å². The summed E-state index contributed by atoms with van der Waals surface area (Å²) in [4.78, 5) is 43.3. The number of hydrogen-bond acceptors (Lipinski definition) is 6. The number of aromatic nitrogens is 2. The molecule has 1 aromatic heterocycles. The molecule has 2 heterocycles. The Hall–Kier alpha value is -3.88. The van der Waals surface area contributed by atoms with Crippen LogP contribution in [-0.4, -0.2) is 37.8 Å². The number of amides is 4. The van der Waals surface area contributed by atoms with Crippen molar-refractivity contribution in [1.82, 2.24) is 19.9 Å². The fourth-order valence-corrected chi connectivity index (χ4v) is 3.05. The first-order chi connectivity index (χ1) is 14.0. The first-order valence-corrected chi connectivity index (χ1v) is 8.78. The van der Waals surface area contributed by atoms with Crippen LogP contribution in [0, 0.1) is 5.82 Å². The lowest BCUT2D eigenvalue weighted by molar-refractivity contribution is -0.144. The SMILES string of the molecule is CC(c1ccccc1)N1C(=O)C(=O)N(Cc2nc(-c3ccc(F)cc3)no2)C1=O. The van der Waals surface area contributed by atoms with E-state index in [1.807, 2.05) is 6.07 Å². The van der Waals surface area contributed by atoms with Crippen LogP contribution >= 0.6 is 0 Å². The number of halogens is 1. The number of benzene rings is 2. The van der Waals surface area contributed by atoms with Crippen molar-refractivity contribution in [3.8, 4) is 11.4 Å². The quantitative estimate of drug-likeness (QED) is 0.488. The molecule has 146 valence electrons. The van der Waals surface area contributed by atoms with Gasteiger partial charge in [0.2, 0.25) is 11.7 Å². The molecule has 29 heavy (non-hydrogen) atoms. The number of urea groups is 1. The van der Waals surface area contributed by atoms with Crippen LogP contribution < -0.4 is 0 Å². The number of nitrogens with zero attached hydrogens (tertiary/aromatic N) is 4. The summed E-state index contributed by atoms with van der Waals surface area (Å²) < 4.78 is 18.1. The Kier molecular flexibility index (Phi) is 4.63. The summed E-state index contributed by atoms with van der Waals surface area (Å²) in [5.41, 5.74) is 1.23. The lowest BCUT2D eigenvalue weighted by Crippen LogP contribution is -2.35. The van der Waals surface area contributed by atoms with E-state index >= 15 is 0 Å². The number of hydrogen-bond donors (Lipinski definition) is 0. The molecule has 4 rings (SSSR count). The van der Waals surface area contributed by atoms with E-state index in [2.05, 4.69) is 10.1 Å². The third-order valence-electron chi connectivity index (χ3n) is 4.62. The van der Waals surface area contributed by atoms with Crippen molar-refractivity contribution in [3.05, 3.63) is 71.9 Å². The summed E-state index contributed by atoms with van der Waals surface area (Å²) in [5.74, 6) is -2.12.